The molecule has 1 aromatic rings. The molecule has 0 atom stereocenters. The molecular weight excluding hydrogens is 226 g/mol. The largest absolute Gasteiger partial charge is 0.270 e. The molecule has 0 fully saturated rings. The van der Waals surface area contributed by atoms with E-state index in [1.807, 2.05) is 6.07 Å². The van der Waals surface area contributed by atoms with E-state index in [0.717, 1.165) is 12.5 Å². The summed E-state index contributed by atoms with van der Waals surface area (Å²) in [4.78, 5) is 0. The van der Waals surface area contributed by atoms with E-state index in [-0.39, 0.29) is 5.56 Å². The van der Waals surface area contributed by atoms with Gasteiger partial charge in [-0.25, -0.2) is 8.78 Å². The maximum Gasteiger partial charge on any atom is 0.270 e. The van der Waals surface area contributed by atoms with Crippen LogP contribution in [0.25, 0.3) is 0 Å². The van der Waals surface area contributed by atoms with E-state index in [1.54, 1.807) is 6.07 Å². The number of rotatable bonds is 2. The Bertz CT molecular complexity index is 265. The van der Waals surface area contributed by atoms with Gasteiger partial charge in [0.1, 0.15) is 0 Å². The van der Waals surface area contributed by atoms with Crippen LogP contribution < -0.4 is 0 Å². The highest BCUT2D eigenvalue weighted by atomic mass is 79.9. The molecule has 0 heterocycles. The number of hydrogen-bond donors (Lipinski definition) is 0. The maximum absolute atomic E-state index is 12.8. The Morgan fingerprint density at radius 3 is 2.58 bits per heavy atom. The van der Waals surface area contributed by atoms with E-state index >= 15 is 0 Å². The summed E-state index contributed by atoms with van der Waals surface area (Å²) in [6.07, 6.45) is 0. The Kier molecular flexibility index (Phi) is 2.83. The van der Waals surface area contributed by atoms with Crippen molar-refractivity contribution in [2.45, 2.75) is 18.2 Å². The lowest BCUT2D eigenvalue weighted by Gasteiger charge is -2.10. The summed E-state index contributed by atoms with van der Waals surface area (Å²) in [6.45, 7) is 0.903. The van der Waals surface area contributed by atoms with Gasteiger partial charge in [-0.3, -0.25) is 0 Å². The van der Waals surface area contributed by atoms with Crippen LogP contribution in [-0.2, 0) is 11.3 Å². The molecule has 12 heavy (non-hydrogen) atoms. The van der Waals surface area contributed by atoms with Gasteiger partial charge in [0.15, 0.2) is 0 Å². The van der Waals surface area contributed by atoms with Crippen LogP contribution in [0.3, 0.4) is 0 Å². The van der Waals surface area contributed by atoms with Crippen LogP contribution in [0.4, 0.5) is 8.78 Å². The summed E-state index contributed by atoms with van der Waals surface area (Å²) in [7, 11) is 0. The van der Waals surface area contributed by atoms with Gasteiger partial charge in [0, 0.05) is 17.8 Å². The molecule has 0 spiro atoms. The fourth-order valence-electron chi connectivity index (χ4n) is 0.928. The second-order valence-corrected chi connectivity index (χ2v) is 3.28. The third-order valence-electron chi connectivity index (χ3n) is 1.59. The van der Waals surface area contributed by atoms with Crippen molar-refractivity contribution >= 4 is 15.9 Å². The first-order valence-electron chi connectivity index (χ1n) is 3.57. The summed E-state index contributed by atoms with van der Waals surface area (Å²) in [6, 6.07) is 6.40. The Balaban J connectivity index is 3.02. The average molecular weight is 235 g/mol. The quantitative estimate of drug-likeness (QED) is 0.685. The third kappa shape index (κ3) is 2.27. The minimum Gasteiger partial charge on any atom is -0.202 e. The monoisotopic (exact) mass is 234 g/mol. The topological polar surface area (TPSA) is 0 Å². The second-order valence-electron chi connectivity index (χ2n) is 2.72. The summed E-state index contributed by atoms with van der Waals surface area (Å²) in [5, 5.41) is 0.608. The number of halogens is 3. The van der Waals surface area contributed by atoms with Gasteiger partial charge >= 0.3 is 0 Å². The van der Waals surface area contributed by atoms with Crippen molar-refractivity contribution in [1.82, 2.24) is 0 Å². The zero-order chi connectivity index (χ0) is 9.19. The van der Waals surface area contributed by atoms with Gasteiger partial charge in [0.25, 0.3) is 5.92 Å². The predicted molar refractivity (Wildman–Crippen MR) is 48.6 cm³/mol. The minimum absolute atomic E-state index is 0.0689. The lowest BCUT2D eigenvalue weighted by molar-refractivity contribution is 0.0174. The van der Waals surface area contributed by atoms with Crippen molar-refractivity contribution in [3.8, 4) is 0 Å². The highest BCUT2D eigenvalue weighted by molar-refractivity contribution is 9.08. The first-order valence-corrected chi connectivity index (χ1v) is 4.69. The molecule has 0 bridgehead atoms. The Morgan fingerprint density at radius 1 is 1.42 bits per heavy atom. The highest BCUT2D eigenvalue weighted by Crippen LogP contribution is 2.27. The van der Waals surface area contributed by atoms with Gasteiger partial charge in [0.05, 0.1) is 0 Å². The molecule has 0 radical (unpaired) electrons. The van der Waals surface area contributed by atoms with Crippen molar-refractivity contribution in [1.29, 1.82) is 0 Å². The molecule has 0 aliphatic rings. The maximum atomic E-state index is 12.8. The highest BCUT2D eigenvalue weighted by Gasteiger charge is 2.23. The Labute approximate surface area is 78.7 Å². The summed E-state index contributed by atoms with van der Waals surface area (Å²) < 4.78 is 25.5. The van der Waals surface area contributed by atoms with E-state index in [9.17, 15) is 8.78 Å². The summed E-state index contributed by atoms with van der Waals surface area (Å²) in [5.41, 5.74) is 0.938. The molecule has 66 valence electrons. The van der Waals surface area contributed by atoms with Gasteiger partial charge in [-0.2, -0.15) is 0 Å². The van der Waals surface area contributed by atoms with E-state index in [2.05, 4.69) is 15.9 Å². The van der Waals surface area contributed by atoms with Crippen molar-refractivity contribution < 1.29 is 8.78 Å². The molecule has 0 nitrogen and oxygen atoms in total. The fourth-order valence-corrected chi connectivity index (χ4v) is 1.28. The predicted octanol–water partition coefficient (Wildman–Crippen LogP) is 3.69. The first kappa shape index (κ1) is 9.65. The minimum atomic E-state index is -2.74. The van der Waals surface area contributed by atoms with Crippen LogP contribution in [0.5, 0.6) is 0 Å². The molecule has 0 aliphatic heterocycles. The lowest BCUT2D eigenvalue weighted by Crippen LogP contribution is -2.06. The van der Waals surface area contributed by atoms with Crippen LogP contribution in [0.15, 0.2) is 24.3 Å². The number of hydrogen-bond acceptors (Lipinski definition) is 0. The van der Waals surface area contributed by atoms with Crippen LogP contribution in [0.2, 0.25) is 0 Å². The molecule has 0 N–H and O–H groups in total. The molecule has 0 aliphatic carbocycles. The van der Waals surface area contributed by atoms with Crippen LogP contribution in [0, 0.1) is 0 Å². The van der Waals surface area contributed by atoms with Crippen LogP contribution >= 0.6 is 15.9 Å². The lowest BCUT2D eigenvalue weighted by atomic mass is 10.1. The van der Waals surface area contributed by atoms with E-state index in [4.69, 9.17) is 0 Å². The SMILES string of the molecule is CC(F)(F)c1cccc(CBr)c1. The molecule has 0 amide bonds. The molecular formula is C9H9BrF2. The number of alkyl halides is 3. The molecule has 1 aromatic carbocycles. The second kappa shape index (κ2) is 3.52. The summed E-state index contributed by atoms with van der Waals surface area (Å²) in [5.74, 6) is -2.74. The van der Waals surface area contributed by atoms with Gasteiger partial charge in [-0.05, 0) is 11.6 Å². The van der Waals surface area contributed by atoms with Crippen LogP contribution in [0.1, 0.15) is 18.1 Å². The molecule has 0 saturated carbocycles. The van der Waals surface area contributed by atoms with Gasteiger partial charge in [-0.15, -0.1) is 0 Å². The molecule has 0 aromatic heterocycles. The average Bonchev–Trinajstić information content (AvgIpc) is 2.03. The zero-order valence-corrected chi connectivity index (χ0v) is 8.24. The fraction of sp³-hybridized carbons (Fsp3) is 0.333. The number of benzene rings is 1. The van der Waals surface area contributed by atoms with Crippen molar-refractivity contribution in [3.05, 3.63) is 35.4 Å². The molecule has 0 unspecified atom stereocenters. The van der Waals surface area contributed by atoms with E-state index < -0.39 is 5.92 Å². The Hall–Kier alpha value is -0.440. The van der Waals surface area contributed by atoms with E-state index in [1.165, 1.54) is 12.1 Å². The first-order chi connectivity index (χ1) is 5.54. The van der Waals surface area contributed by atoms with Crippen molar-refractivity contribution in [3.63, 3.8) is 0 Å². The Morgan fingerprint density at radius 2 is 2.08 bits per heavy atom. The summed E-state index contributed by atoms with van der Waals surface area (Å²) >= 11 is 3.21. The molecule has 1 rings (SSSR count). The van der Waals surface area contributed by atoms with Gasteiger partial charge in [0.2, 0.25) is 0 Å². The van der Waals surface area contributed by atoms with Gasteiger partial charge < -0.3 is 0 Å². The molecule has 3 heteroatoms. The molecule has 0 saturated heterocycles. The smallest absolute Gasteiger partial charge is 0.202 e. The van der Waals surface area contributed by atoms with Crippen molar-refractivity contribution in [2.75, 3.05) is 0 Å². The normalized spacial score (nSPS) is 11.7. The van der Waals surface area contributed by atoms with Crippen molar-refractivity contribution in [2.24, 2.45) is 0 Å². The van der Waals surface area contributed by atoms with Gasteiger partial charge in [-0.1, -0.05) is 34.1 Å². The standard InChI is InChI=1S/C9H9BrF2/c1-9(11,12)8-4-2-3-7(5-8)6-10/h2-5H,6H2,1H3. The third-order valence-corrected chi connectivity index (χ3v) is 2.24. The van der Waals surface area contributed by atoms with E-state index in [0.29, 0.717) is 5.33 Å². The zero-order valence-electron chi connectivity index (χ0n) is 6.65. The van der Waals surface area contributed by atoms with Crippen LogP contribution in [-0.4, -0.2) is 0 Å².